The highest BCUT2D eigenvalue weighted by Crippen LogP contribution is 2.38. The van der Waals surface area contributed by atoms with Crippen LogP contribution in [-0.2, 0) is 6.18 Å². The molecule has 4 heteroatoms. The fraction of sp³-hybridized carbons (Fsp3) is 0.600. The van der Waals surface area contributed by atoms with Gasteiger partial charge >= 0.3 is 6.18 Å². The quantitative estimate of drug-likeness (QED) is 0.761. The molecule has 19 heavy (non-hydrogen) atoms. The van der Waals surface area contributed by atoms with E-state index in [9.17, 15) is 13.2 Å². The summed E-state index contributed by atoms with van der Waals surface area (Å²) in [7, 11) is 0. The molecule has 0 saturated carbocycles. The predicted octanol–water partition coefficient (Wildman–Crippen LogP) is 4.58. The predicted molar refractivity (Wildman–Crippen MR) is 71.2 cm³/mol. The van der Waals surface area contributed by atoms with Gasteiger partial charge in [0.05, 0.1) is 5.56 Å². The number of hydrogen-bond acceptors (Lipinski definition) is 1. The van der Waals surface area contributed by atoms with E-state index in [0.29, 0.717) is 17.5 Å². The zero-order chi connectivity index (χ0) is 14.0. The van der Waals surface area contributed by atoms with Crippen LogP contribution in [-0.4, -0.2) is 13.1 Å². The first-order valence-electron chi connectivity index (χ1n) is 6.80. The Labute approximate surface area is 112 Å². The van der Waals surface area contributed by atoms with Crippen LogP contribution in [0.1, 0.15) is 32.3 Å². The van der Waals surface area contributed by atoms with Crippen LogP contribution in [0.3, 0.4) is 0 Å². The van der Waals surface area contributed by atoms with Crippen molar-refractivity contribution in [2.45, 2.75) is 32.9 Å². The second-order valence-corrected chi connectivity index (χ2v) is 5.58. The highest BCUT2D eigenvalue weighted by atomic mass is 19.4. The maximum Gasteiger partial charge on any atom is 0.418 e. The third-order valence-electron chi connectivity index (χ3n) is 4.03. The number of benzene rings is 1. The Morgan fingerprint density at radius 2 is 1.68 bits per heavy atom. The van der Waals surface area contributed by atoms with Crippen molar-refractivity contribution in [3.63, 3.8) is 0 Å². The molecule has 0 radical (unpaired) electrons. The van der Waals surface area contributed by atoms with Crippen molar-refractivity contribution in [1.29, 1.82) is 0 Å². The molecule has 1 aliphatic heterocycles. The molecule has 0 bridgehead atoms. The van der Waals surface area contributed by atoms with E-state index in [-0.39, 0.29) is 0 Å². The molecule has 0 aromatic heterocycles. The summed E-state index contributed by atoms with van der Waals surface area (Å²) in [6.07, 6.45) is -2.32. The first-order chi connectivity index (χ1) is 8.89. The minimum atomic E-state index is -4.27. The van der Waals surface area contributed by atoms with E-state index < -0.39 is 11.7 Å². The van der Waals surface area contributed by atoms with Gasteiger partial charge in [-0.1, -0.05) is 26.0 Å². The van der Waals surface area contributed by atoms with Gasteiger partial charge in [0.15, 0.2) is 0 Å². The zero-order valence-corrected chi connectivity index (χ0v) is 11.4. The number of alkyl halides is 3. The summed E-state index contributed by atoms with van der Waals surface area (Å²) in [5.74, 6) is 1.24. The average molecular weight is 271 g/mol. The largest absolute Gasteiger partial charge is 0.418 e. The van der Waals surface area contributed by atoms with Crippen LogP contribution in [0.25, 0.3) is 0 Å². The molecule has 0 amide bonds. The van der Waals surface area contributed by atoms with Crippen LogP contribution in [0, 0.1) is 11.8 Å². The summed E-state index contributed by atoms with van der Waals surface area (Å²) in [6, 6.07) is 5.88. The molecule has 1 saturated heterocycles. The first-order valence-corrected chi connectivity index (χ1v) is 6.80. The van der Waals surface area contributed by atoms with Crippen molar-refractivity contribution in [3.05, 3.63) is 29.8 Å². The summed E-state index contributed by atoms with van der Waals surface area (Å²) in [4.78, 5) is 1.88. The molecule has 0 N–H and O–H groups in total. The third kappa shape index (κ3) is 3.23. The lowest BCUT2D eigenvalue weighted by atomic mass is 9.86. The van der Waals surface area contributed by atoms with Crippen LogP contribution in [0.15, 0.2) is 24.3 Å². The molecule has 0 atom stereocenters. The number of para-hydroxylation sites is 1. The number of nitrogens with zero attached hydrogens (tertiary/aromatic N) is 1. The lowest BCUT2D eigenvalue weighted by Crippen LogP contribution is -2.36. The Morgan fingerprint density at radius 1 is 1.11 bits per heavy atom. The summed E-state index contributed by atoms with van der Waals surface area (Å²) in [5.41, 5.74) is -0.185. The van der Waals surface area contributed by atoms with Gasteiger partial charge in [-0.25, -0.2) is 0 Å². The molecule has 1 aromatic rings. The van der Waals surface area contributed by atoms with Crippen LogP contribution in [0.5, 0.6) is 0 Å². The van der Waals surface area contributed by atoms with Crippen molar-refractivity contribution in [1.82, 2.24) is 0 Å². The molecule has 0 aliphatic carbocycles. The smallest absolute Gasteiger partial charge is 0.371 e. The lowest BCUT2D eigenvalue weighted by Gasteiger charge is -2.36. The summed E-state index contributed by atoms with van der Waals surface area (Å²) < 4.78 is 38.9. The van der Waals surface area contributed by atoms with Gasteiger partial charge in [0.25, 0.3) is 0 Å². The molecule has 106 valence electrons. The minimum absolute atomic E-state index is 0.331. The molecule has 1 fully saturated rings. The summed E-state index contributed by atoms with van der Waals surface area (Å²) in [5, 5.41) is 0. The Hall–Kier alpha value is -1.19. The number of piperidine rings is 1. The molecule has 0 spiro atoms. The highest BCUT2D eigenvalue weighted by Gasteiger charge is 2.35. The molecule has 1 heterocycles. The van der Waals surface area contributed by atoms with Crippen molar-refractivity contribution >= 4 is 5.69 Å². The van der Waals surface area contributed by atoms with Gasteiger partial charge in [-0.2, -0.15) is 13.2 Å². The number of rotatable bonds is 2. The van der Waals surface area contributed by atoms with Crippen molar-refractivity contribution in [2.75, 3.05) is 18.0 Å². The normalized spacial score (nSPS) is 18.1. The van der Waals surface area contributed by atoms with E-state index in [2.05, 4.69) is 13.8 Å². The first kappa shape index (κ1) is 14.2. The van der Waals surface area contributed by atoms with Crippen LogP contribution in [0.2, 0.25) is 0 Å². The summed E-state index contributed by atoms with van der Waals surface area (Å²) in [6.45, 7) is 5.81. The fourth-order valence-corrected chi connectivity index (χ4v) is 2.80. The van der Waals surface area contributed by atoms with Crippen LogP contribution < -0.4 is 4.90 Å². The topological polar surface area (TPSA) is 3.24 Å². The lowest BCUT2D eigenvalue weighted by molar-refractivity contribution is -0.137. The van der Waals surface area contributed by atoms with Crippen molar-refractivity contribution in [2.24, 2.45) is 11.8 Å². The number of anilines is 1. The van der Waals surface area contributed by atoms with Crippen LogP contribution >= 0.6 is 0 Å². The zero-order valence-electron chi connectivity index (χ0n) is 11.4. The highest BCUT2D eigenvalue weighted by molar-refractivity contribution is 5.55. The number of hydrogen-bond donors (Lipinski definition) is 0. The Balaban J connectivity index is 2.16. The molecule has 1 aromatic carbocycles. The van der Waals surface area contributed by atoms with Gasteiger partial charge in [-0.05, 0) is 36.8 Å². The maximum absolute atomic E-state index is 13.0. The van der Waals surface area contributed by atoms with Gasteiger partial charge in [0.2, 0.25) is 0 Å². The van der Waals surface area contributed by atoms with Gasteiger partial charge in [0.1, 0.15) is 0 Å². The van der Waals surface area contributed by atoms with E-state index in [1.807, 2.05) is 4.90 Å². The number of halogens is 3. The van der Waals surface area contributed by atoms with E-state index >= 15 is 0 Å². The molecular formula is C15H20F3N. The van der Waals surface area contributed by atoms with Crippen LogP contribution in [0.4, 0.5) is 18.9 Å². The van der Waals surface area contributed by atoms with E-state index in [0.717, 1.165) is 25.9 Å². The molecule has 2 rings (SSSR count). The Bertz CT molecular complexity index is 418. The maximum atomic E-state index is 13.0. The van der Waals surface area contributed by atoms with E-state index in [1.165, 1.54) is 12.1 Å². The fourth-order valence-electron chi connectivity index (χ4n) is 2.80. The van der Waals surface area contributed by atoms with Crippen molar-refractivity contribution in [3.8, 4) is 0 Å². The minimum Gasteiger partial charge on any atom is -0.371 e. The second kappa shape index (κ2) is 5.43. The van der Waals surface area contributed by atoms with Crippen molar-refractivity contribution < 1.29 is 13.2 Å². The summed E-state index contributed by atoms with van der Waals surface area (Å²) >= 11 is 0. The second-order valence-electron chi connectivity index (χ2n) is 5.58. The van der Waals surface area contributed by atoms with Gasteiger partial charge in [-0.3, -0.25) is 0 Å². The Kier molecular flexibility index (Phi) is 4.07. The SMILES string of the molecule is CC(C)C1CCN(c2ccccc2C(F)(F)F)CC1. The van der Waals surface area contributed by atoms with Gasteiger partial charge < -0.3 is 4.90 Å². The average Bonchev–Trinajstić information content (AvgIpc) is 2.38. The third-order valence-corrected chi connectivity index (χ3v) is 4.03. The monoisotopic (exact) mass is 271 g/mol. The molecule has 1 nitrogen and oxygen atoms in total. The van der Waals surface area contributed by atoms with Gasteiger partial charge in [-0.15, -0.1) is 0 Å². The van der Waals surface area contributed by atoms with E-state index in [4.69, 9.17) is 0 Å². The molecular weight excluding hydrogens is 251 g/mol. The Morgan fingerprint density at radius 3 is 2.21 bits per heavy atom. The standard InChI is InChI=1S/C15H20F3N/c1-11(2)12-7-9-19(10-8-12)14-6-4-3-5-13(14)15(16,17)18/h3-6,11-12H,7-10H2,1-2H3. The molecule has 0 unspecified atom stereocenters. The molecule has 1 aliphatic rings. The van der Waals surface area contributed by atoms with Gasteiger partial charge in [0, 0.05) is 18.8 Å². The van der Waals surface area contributed by atoms with E-state index in [1.54, 1.807) is 12.1 Å².